The highest BCUT2D eigenvalue weighted by Crippen LogP contribution is 2.35. The molecule has 0 saturated carbocycles. The van der Waals surface area contributed by atoms with Gasteiger partial charge in [0.15, 0.2) is 11.5 Å². The lowest BCUT2D eigenvalue weighted by Gasteiger charge is -2.20. The molecular weight excluding hydrogens is 328 g/mol. The first-order valence-electron chi connectivity index (χ1n) is 8.61. The number of hydrogen-bond donors (Lipinski definition) is 2. The number of aliphatic hydroxyl groups excluding tert-OH is 1. The first-order valence-corrected chi connectivity index (χ1v) is 8.61. The maximum atomic E-state index is 9.75. The van der Waals surface area contributed by atoms with Crippen molar-refractivity contribution in [2.75, 3.05) is 25.1 Å². The maximum Gasteiger partial charge on any atom is 0.161 e. The number of anilines is 1. The molecule has 1 aliphatic heterocycles. The van der Waals surface area contributed by atoms with Crippen LogP contribution in [0.2, 0.25) is 0 Å². The van der Waals surface area contributed by atoms with Crippen molar-refractivity contribution < 1.29 is 14.6 Å². The van der Waals surface area contributed by atoms with E-state index in [1.54, 1.807) is 6.20 Å². The number of nitrogens with one attached hydrogen (secondary N) is 1. The molecule has 1 atom stereocenters. The third-order valence-electron chi connectivity index (χ3n) is 4.34. The molecule has 0 radical (unpaired) electrons. The number of nitrogens with zero attached hydrogens (tertiary/aromatic N) is 1. The SMILES string of the molecule is OCC(Nc1cncc(-c2ccc3c(c2)OCCO3)c1)c1ccccc1. The van der Waals surface area contributed by atoms with Gasteiger partial charge in [-0.3, -0.25) is 4.98 Å². The standard InChI is InChI=1S/C21H20N2O3/c24-14-19(15-4-2-1-3-5-15)23-18-10-17(12-22-13-18)16-6-7-20-21(11-16)26-9-8-25-20/h1-7,10-13,19,23-24H,8-9,14H2. The number of hydrogen-bond acceptors (Lipinski definition) is 5. The van der Waals surface area contributed by atoms with Gasteiger partial charge in [0.2, 0.25) is 0 Å². The molecule has 1 aromatic heterocycles. The number of benzene rings is 2. The minimum atomic E-state index is -0.187. The van der Waals surface area contributed by atoms with Crippen LogP contribution < -0.4 is 14.8 Å². The van der Waals surface area contributed by atoms with Crippen molar-refractivity contribution in [1.29, 1.82) is 0 Å². The molecule has 0 aliphatic carbocycles. The van der Waals surface area contributed by atoms with Crippen LogP contribution in [0.25, 0.3) is 11.1 Å². The fourth-order valence-electron chi connectivity index (χ4n) is 3.02. The Hall–Kier alpha value is -3.05. The monoisotopic (exact) mass is 348 g/mol. The second kappa shape index (κ2) is 7.45. The van der Waals surface area contributed by atoms with E-state index in [0.29, 0.717) is 13.2 Å². The van der Waals surface area contributed by atoms with Crippen molar-refractivity contribution in [2.45, 2.75) is 6.04 Å². The van der Waals surface area contributed by atoms with Gasteiger partial charge in [-0.25, -0.2) is 0 Å². The van der Waals surface area contributed by atoms with Crippen molar-refractivity contribution in [3.63, 3.8) is 0 Å². The first-order chi connectivity index (χ1) is 12.8. The van der Waals surface area contributed by atoms with Crippen molar-refractivity contribution in [3.05, 3.63) is 72.6 Å². The zero-order valence-corrected chi connectivity index (χ0v) is 14.3. The van der Waals surface area contributed by atoms with Crippen LogP contribution in [-0.2, 0) is 0 Å². The summed E-state index contributed by atoms with van der Waals surface area (Å²) in [7, 11) is 0. The molecule has 1 aliphatic rings. The number of pyridine rings is 1. The molecule has 5 heteroatoms. The fraction of sp³-hybridized carbons (Fsp3) is 0.190. The van der Waals surface area contributed by atoms with Crippen LogP contribution in [0, 0.1) is 0 Å². The van der Waals surface area contributed by atoms with Gasteiger partial charge in [0.1, 0.15) is 13.2 Å². The van der Waals surface area contributed by atoms with Crippen LogP contribution in [0.3, 0.4) is 0 Å². The third kappa shape index (κ3) is 3.48. The molecule has 1 unspecified atom stereocenters. The van der Waals surface area contributed by atoms with Gasteiger partial charge in [-0.15, -0.1) is 0 Å². The molecular formula is C21H20N2O3. The molecule has 132 valence electrons. The third-order valence-corrected chi connectivity index (χ3v) is 4.34. The highest BCUT2D eigenvalue weighted by Gasteiger charge is 2.14. The van der Waals surface area contributed by atoms with E-state index in [9.17, 15) is 5.11 Å². The molecule has 4 rings (SSSR count). The molecule has 26 heavy (non-hydrogen) atoms. The van der Waals surface area contributed by atoms with Crippen molar-refractivity contribution in [1.82, 2.24) is 4.98 Å². The lowest BCUT2D eigenvalue weighted by atomic mass is 10.1. The molecule has 0 amide bonds. The molecule has 0 spiro atoms. The van der Waals surface area contributed by atoms with Crippen molar-refractivity contribution >= 4 is 5.69 Å². The largest absolute Gasteiger partial charge is 0.486 e. The second-order valence-electron chi connectivity index (χ2n) is 6.11. The number of aromatic nitrogens is 1. The predicted molar refractivity (Wildman–Crippen MR) is 101 cm³/mol. The molecule has 3 aromatic rings. The van der Waals surface area contributed by atoms with E-state index in [1.807, 2.05) is 60.8 Å². The van der Waals surface area contributed by atoms with Gasteiger partial charge < -0.3 is 19.9 Å². The van der Waals surface area contributed by atoms with E-state index in [1.165, 1.54) is 0 Å². The molecule has 0 fully saturated rings. The Labute approximate surface area is 152 Å². The number of rotatable bonds is 5. The highest BCUT2D eigenvalue weighted by molar-refractivity contribution is 5.69. The lowest BCUT2D eigenvalue weighted by Crippen LogP contribution is -2.15. The minimum Gasteiger partial charge on any atom is -0.486 e. The zero-order valence-electron chi connectivity index (χ0n) is 14.3. The number of aliphatic hydroxyl groups is 1. The van der Waals surface area contributed by atoms with E-state index in [-0.39, 0.29) is 12.6 Å². The van der Waals surface area contributed by atoms with E-state index < -0.39 is 0 Å². The molecule has 2 N–H and O–H groups in total. The number of fused-ring (bicyclic) bond motifs is 1. The molecule has 2 aromatic carbocycles. The summed E-state index contributed by atoms with van der Waals surface area (Å²) in [6.45, 7) is 1.14. The minimum absolute atomic E-state index is 0.00172. The summed E-state index contributed by atoms with van der Waals surface area (Å²) in [6, 6.07) is 17.6. The Kier molecular flexibility index (Phi) is 4.71. The van der Waals surface area contributed by atoms with Crippen LogP contribution in [0.5, 0.6) is 11.5 Å². The topological polar surface area (TPSA) is 63.6 Å². The smallest absolute Gasteiger partial charge is 0.161 e. The molecule has 0 bridgehead atoms. The van der Waals surface area contributed by atoms with Crippen LogP contribution in [0.4, 0.5) is 5.69 Å². The Morgan fingerprint density at radius 1 is 0.923 bits per heavy atom. The van der Waals surface area contributed by atoms with Gasteiger partial charge in [0, 0.05) is 18.0 Å². The lowest BCUT2D eigenvalue weighted by molar-refractivity contribution is 0.171. The Morgan fingerprint density at radius 2 is 1.73 bits per heavy atom. The molecule has 0 saturated heterocycles. The fourth-order valence-corrected chi connectivity index (χ4v) is 3.02. The summed E-state index contributed by atoms with van der Waals surface area (Å²) < 4.78 is 11.2. The summed E-state index contributed by atoms with van der Waals surface area (Å²) in [5, 5.41) is 13.1. The van der Waals surface area contributed by atoms with Gasteiger partial charge in [0.05, 0.1) is 18.3 Å². The first kappa shape index (κ1) is 16.4. The average Bonchev–Trinajstić information content (AvgIpc) is 2.72. The number of ether oxygens (including phenoxy) is 2. The van der Waals surface area contributed by atoms with Crippen LogP contribution >= 0.6 is 0 Å². The highest BCUT2D eigenvalue weighted by atomic mass is 16.6. The van der Waals surface area contributed by atoms with Gasteiger partial charge >= 0.3 is 0 Å². The average molecular weight is 348 g/mol. The van der Waals surface area contributed by atoms with Gasteiger partial charge in [-0.05, 0) is 29.3 Å². The Morgan fingerprint density at radius 3 is 2.54 bits per heavy atom. The summed E-state index contributed by atoms with van der Waals surface area (Å²) in [5.41, 5.74) is 3.85. The zero-order chi connectivity index (χ0) is 17.8. The van der Waals surface area contributed by atoms with E-state index in [4.69, 9.17) is 9.47 Å². The molecule has 5 nitrogen and oxygen atoms in total. The quantitative estimate of drug-likeness (QED) is 0.737. The van der Waals surface area contributed by atoms with Gasteiger partial charge in [0.25, 0.3) is 0 Å². The van der Waals surface area contributed by atoms with E-state index >= 15 is 0 Å². The maximum absolute atomic E-state index is 9.75. The van der Waals surface area contributed by atoms with Crippen molar-refractivity contribution in [3.8, 4) is 22.6 Å². The second-order valence-corrected chi connectivity index (χ2v) is 6.11. The van der Waals surface area contributed by atoms with Crippen LogP contribution in [0.1, 0.15) is 11.6 Å². The summed E-state index contributed by atoms with van der Waals surface area (Å²) in [5.74, 6) is 1.52. The van der Waals surface area contributed by atoms with E-state index in [2.05, 4.69) is 10.3 Å². The Bertz CT molecular complexity index is 883. The van der Waals surface area contributed by atoms with Crippen LogP contribution in [0.15, 0.2) is 67.0 Å². The summed E-state index contributed by atoms with van der Waals surface area (Å²) in [4.78, 5) is 4.34. The van der Waals surface area contributed by atoms with Gasteiger partial charge in [-0.1, -0.05) is 36.4 Å². The summed E-state index contributed by atoms with van der Waals surface area (Å²) >= 11 is 0. The normalized spacial score (nSPS) is 13.9. The van der Waals surface area contributed by atoms with Gasteiger partial charge in [-0.2, -0.15) is 0 Å². The Balaban J connectivity index is 1.58. The predicted octanol–water partition coefficient (Wildman–Crippen LogP) is 3.67. The van der Waals surface area contributed by atoms with E-state index in [0.717, 1.165) is 33.9 Å². The van der Waals surface area contributed by atoms with Crippen molar-refractivity contribution in [2.24, 2.45) is 0 Å². The van der Waals surface area contributed by atoms with Crippen LogP contribution in [-0.4, -0.2) is 29.9 Å². The summed E-state index contributed by atoms with van der Waals surface area (Å²) in [6.07, 6.45) is 3.57. The molecule has 2 heterocycles.